The third-order valence-electron chi connectivity index (χ3n) is 6.93. The fourth-order valence-electron chi connectivity index (χ4n) is 5.00. The van der Waals surface area contributed by atoms with Gasteiger partial charge in [-0.3, -0.25) is 9.36 Å². The maximum absolute atomic E-state index is 13.7. The molecule has 4 N–H and O–H groups in total. The second-order valence-corrected chi connectivity index (χ2v) is 9.43. The molecule has 0 radical (unpaired) electrons. The van der Waals surface area contributed by atoms with Gasteiger partial charge in [0.25, 0.3) is 5.91 Å². The van der Waals surface area contributed by atoms with E-state index in [9.17, 15) is 23.8 Å². The Morgan fingerprint density at radius 1 is 1.02 bits per heavy atom. The zero-order valence-electron chi connectivity index (χ0n) is 20.9. The first-order valence-electron chi connectivity index (χ1n) is 12.5. The van der Waals surface area contributed by atoms with Crippen LogP contribution in [0, 0.1) is 11.6 Å². The van der Waals surface area contributed by atoms with Gasteiger partial charge in [0, 0.05) is 18.2 Å². The van der Waals surface area contributed by atoms with Crippen molar-refractivity contribution in [3.63, 3.8) is 0 Å². The number of benzene rings is 3. The number of carbonyl (C=O) groups is 1. The van der Waals surface area contributed by atoms with E-state index in [1.807, 2.05) is 42.5 Å². The van der Waals surface area contributed by atoms with E-state index in [1.165, 1.54) is 17.2 Å². The van der Waals surface area contributed by atoms with Crippen molar-refractivity contribution in [1.29, 1.82) is 0 Å². The minimum atomic E-state index is -1.33. The van der Waals surface area contributed by atoms with E-state index in [2.05, 4.69) is 25.6 Å². The van der Waals surface area contributed by atoms with Crippen LogP contribution in [-0.2, 0) is 11.3 Å². The Morgan fingerprint density at radius 2 is 1.80 bits per heavy atom. The number of carbonyl (C=O) groups excluding carboxylic acids is 1. The predicted molar refractivity (Wildman–Crippen MR) is 141 cm³/mol. The molecule has 0 spiro atoms. The molecule has 1 fully saturated rings. The number of halogens is 2. The summed E-state index contributed by atoms with van der Waals surface area (Å²) in [6, 6.07) is 15.4. The van der Waals surface area contributed by atoms with Gasteiger partial charge in [-0.25, -0.2) is 23.7 Å². The highest BCUT2D eigenvalue weighted by molar-refractivity contribution is 5.94. The largest absolute Gasteiger partial charge is 0.394 e. The number of aromatic nitrogens is 4. The van der Waals surface area contributed by atoms with Crippen LogP contribution in [0.5, 0.6) is 0 Å². The molecule has 1 saturated heterocycles. The zero-order valence-corrected chi connectivity index (χ0v) is 20.9. The molecule has 6 rings (SSSR count). The van der Waals surface area contributed by atoms with Crippen LogP contribution < -0.4 is 10.6 Å². The number of anilines is 1. The Hall–Kier alpha value is -4.52. The quantitative estimate of drug-likeness (QED) is 0.245. The van der Waals surface area contributed by atoms with Crippen molar-refractivity contribution in [2.45, 2.75) is 31.0 Å². The van der Waals surface area contributed by atoms with Crippen LogP contribution in [0.2, 0.25) is 0 Å². The molecule has 12 heteroatoms. The van der Waals surface area contributed by atoms with Crippen molar-refractivity contribution in [2.24, 2.45) is 0 Å². The Balaban J connectivity index is 1.29. The van der Waals surface area contributed by atoms with Crippen LogP contribution in [0.3, 0.4) is 0 Å². The van der Waals surface area contributed by atoms with E-state index >= 15 is 0 Å². The first kappa shape index (κ1) is 25.7. The molecule has 3 heterocycles. The molecule has 0 bridgehead atoms. The topological polar surface area (TPSA) is 134 Å². The standard InChI is InChI=1S/C28H24F2N6O4/c29-18-8-17(9-19(30)10-18)27(39)35-22-24(38)21(12-37)40-28(22)36-14-34-23-25(32-13-33-26(23)36)31-11-16-6-3-5-15-4-1-2-7-20(15)16/h1-10,13-14,21-22,24,28,37-38H,11-12H2,(H,35,39)(H,31,32,33)/t21-,22-,24-,28-/m1/s1. The molecule has 0 unspecified atom stereocenters. The molecule has 10 nitrogen and oxygen atoms in total. The smallest absolute Gasteiger partial charge is 0.251 e. The normalized spacial score (nSPS) is 20.7. The number of hydrogen-bond acceptors (Lipinski definition) is 8. The number of imidazole rings is 1. The summed E-state index contributed by atoms with van der Waals surface area (Å²) in [5, 5.41) is 28.7. The zero-order chi connectivity index (χ0) is 27.8. The van der Waals surface area contributed by atoms with Gasteiger partial charge in [-0.15, -0.1) is 0 Å². The molecule has 1 aliphatic heterocycles. The van der Waals surface area contributed by atoms with Crippen molar-refractivity contribution < 1.29 is 28.5 Å². The third-order valence-corrected chi connectivity index (χ3v) is 6.93. The molecule has 204 valence electrons. The van der Waals surface area contributed by atoms with Gasteiger partial charge in [-0.2, -0.15) is 0 Å². The number of fused-ring (bicyclic) bond motifs is 2. The minimum absolute atomic E-state index is 0.270. The summed E-state index contributed by atoms with van der Waals surface area (Å²) in [5.41, 5.74) is 1.57. The Kier molecular flexibility index (Phi) is 6.80. The molecule has 4 atom stereocenters. The molecule has 1 aliphatic rings. The molecule has 0 saturated carbocycles. The Bertz CT molecular complexity index is 1690. The number of amides is 1. The summed E-state index contributed by atoms with van der Waals surface area (Å²) in [4.78, 5) is 26.0. The SMILES string of the molecule is O=C(N[C@@H]1[C@H](O)[C@@H](CO)O[C@H]1n1cnc2c(NCc3cccc4ccccc34)ncnc21)c1cc(F)cc(F)c1. The van der Waals surface area contributed by atoms with E-state index < -0.39 is 48.6 Å². The predicted octanol–water partition coefficient (Wildman–Crippen LogP) is 2.92. The van der Waals surface area contributed by atoms with Crippen molar-refractivity contribution in [3.8, 4) is 0 Å². The molecule has 0 aliphatic carbocycles. The van der Waals surface area contributed by atoms with E-state index in [0.717, 1.165) is 28.5 Å². The first-order chi connectivity index (χ1) is 19.4. The first-order valence-corrected chi connectivity index (χ1v) is 12.5. The Morgan fingerprint density at radius 3 is 2.60 bits per heavy atom. The molecule has 1 amide bonds. The van der Waals surface area contributed by atoms with Crippen LogP contribution in [0.4, 0.5) is 14.6 Å². The lowest BCUT2D eigenvalue weighted by Gasteiger charge is -2.23. The fourth-order valence-corrected chi connectivity index (χ4v) is 5.00. The van der Waals surface area contributed by atoms with Crippen LogP contribution >= 0.6 is 0 Å². The van der Waals surface area contributed by atoms with Gasteiger partial charge < -0.3 is 25.6 Å². The molecule has 40 heavy (non-hydrogen) atoms. The second-order valence-electron chi connectivity index (χ2n) is 9.43. The number of hydrogen-bond donors (Lipinski definition) is 4. The molecular weight excluding hydrogens is 522 g/mol. The van der Waals surface area contributed by atoms with Gasteiger partial charge in [-0.1, -0.05) is 42.5 Å². The lowest BCUT2D eigenvalue weighted by molar-refractivity contribution is -0.0440. The fraction of sp³-hybridized carbons (Fsp3) is 0.214. The maximum Gasteiger partial charge on any atom is 0.251 e. The average molecular weight is 547 g/mol. The number of aliphatic hydroxyl groups is 2. The third kappa shape index (κ3) is 4.72. The van der Waals surface area contributed by atoms with Crippen LogP contribution in [-0.4, -0.2) is 60.5 Å². The van der Waals surface area contributed by atoms with Crippen LogP contribution in [0.15, 0.2) is 73.3 Å². The maximum atomic E-state index is 13.7. The van der Waals surface area contributed by atoms with Crippen LogP contribution in [0.25, 0.3) is 21.9 Å². The van der Waals surface area contributed by atoms with E-state index in [0.29, 0.717) is 29.6 Å². The molecule has 5 aromatic rings. The highest BCUT2D eigenvalue weighted by Crippen LogP contribution is 2.33. The summed E-state index contributed by atoms with van der Waals surface area (Å²) >= 11 is 0. The highest BCUT2D eigenvalue weighted by Gasteiger charge is 2.46. The van der Waals surface area contributed by atoms with E-state index in [1.54, 1.807) is 0 Å². The lowest BCUT2D eigenvalue weighted by atomic mass is 10.0. The van der Waals surface area contributed by atoms with E-state index in [4.69, 9.17) is 4.74 Å². The monoisotopic (exact) mass is 546 g/mol. The highest BCUT2D eigenvalue weighted by atomic mass is 19.1. The Labute approximate surface area is 226 Å². The molecular formula is C28H24F2N6O4. The van der Waals surface area contributed by atoms with Gasteiger partial charge in [-0.05, 0) is 28.5 Å². The van der Waals surface area contributed by atoms with Crippen molar-refractivity contribution in [1.82, 2.24) is 24.8 Å². The summed E-state index contributed by atoms with van der Waals surface area (Å²) in [6.45, 7) is -0.0630. The minimum Gasteiger partial charge on any atom is -0.394 e. The average Bonchev–Trinajstić information content (AvgIpc) is 3.52. The number of nitrogens with one attached hydrogen (secondary N) is 2. The summed E-state index contributed by atoms with van der Waals surface area (Å²) in [5.74, 6) is -2.20. The molecule has 2 aromatic heterocycles. The van der Waals surface area contributed by atoms with Gasteiger partial charge in [0.15, 0.2) is 23.2 Å². The van der Waals surface area contributed by atoms with Crippen LogP contribution in [0.1, 0.15) is 22.1 Å². The van der Waals surface area contributed by atoms with Crippen molar-refractivity contribution in [2.75, 3.05) is 11.9 Å². The van der Waals surface area contributed by atoms with Gasteiger partial charge in [0.05, 0.1) is 12.9 Å². The van der Waals surface area contributed by atoms with Gasteiger partial charge in [0.2, 0.25) is 0 Å². The summed E-state index contributed by atoms with van der Waals surface area (Å²) in [7, 11) is 0. The number of nitrogens with zero attached hydrogens (tertiary/aromatic N) is 4. The van der Waals surface area contributed by atoms with Gasteiger partial charge >= 0.3 is 0 Å². The number of ether oxygens (including phenoxy) is 1. The second kappa shape index (κ2) is 10.6. The van der Waals surface area contributed by atoms with E-state index in [-0.39, 0.29) is 5.56 Å². The van der Waals surface area contributed by atoms with Crippen molar-refractivity contribution >= 4 is 33.7 Å². The summed E-state index contributed by atoms with van der Waals surface area (Å²) < 4.78 is 34.8. The lowest BCUT2D eigenvalue weighted by Crippen LogP contribution is -2.46. The van der Waals surface area contributed by atoms with Gasteiger partial charge in [0.1, 0.15) is 36.2 Å². The molecule has 3 aromatic carbocycles. The number of rotatable bonds is 7. The van der Waals surface area contributed by atoms with Crippen molar-refractivity contribution in [3.05, 3.63) is 96.1 Å². The summed E-state index contributed by atoms with van der Waals surface area (Å²) in [6.07, 6.45) is -0.631. The number of aliphatic hydroxyl groups excluding tert-OH is 2.